The summed E-state index contributed by atoms with van der Waals surface area (Å²) in [6, 6.07) is 5.29. The molecule has 0 spiro atoms. The van der Waals surface area contributed by atoms with Crippen LogP contribution in [0.4, 0.5) is 0 Å². The number of rotatable bonds is 1. The van der Waals surface area contributed by atoms with Crippen LogP contribution >= 0.6 is 23.2 Å². The third-order valence-electron chi connectivity index (χ3n) is 3.28. The lowest BCUT2D eigenvalue weighted by Crippen LogP contribution is -2.40. The molecular weight excluding hydrogens is 299 g/mol. The van der Waals surface area contributed by atoms with E-state index < -0.39 is 0 Å². The first kappa shape index (κ1) is 13.6. The Kier molecular flexibility index (Phi) is 3.78. The van der Waals surface area contributed by atoms with Crippen LogP contribution < -0.4 is 0 Å². The van der Waals surface area contributed by atoms with Crippen molar-refractivity contribution in [3.8, 4) is 0 Å². The first-order valence-electron chi connectivity index (χ1n) is 6.27. The van der Waals surface area contributed by atoms with Crippen LogP contribution in [-0.4, -0.2) is 42.1 Å². The number of hydrogen-bond acceptors (Lipinski definition) is 3. The van der Waals surface area contributed by atoms with Gasteiger partial charge in [0.25, 0.3) is 5.91 Å². The Morgan fingerprint density at radius 3 is 2.75 bits per heavy atom. The number of hydrogen-bond donors (Lipinski definition) is 0. The fourth-order valence-corrected chi connectivity index (χ4v) is 2.68. The second-order valence-electron chi connectivity index (χ2n) is 4.55. The minimum absolute atomic E-state index is 0.112. The summed E-state index contributed by atoms with van der Waals surface area (Å²) in [5.74, 6) is -0.112. The van der Waals surface area contributed by atoms with Gasteiger partial charge in [0.15, 0.2) is 0 Å². The summed E-state index contributed by atoms with van der Waals surface area (Å²) >= 11 is 12.1. The van der Waals surface area contributed by atoms with Gasteiger partial charge in [-0.1, -0.05) is 29.3 Å². The maximum absolute atomic E-state index is 12.6. The highest BCUT2D eigenvalue weighted by Crippen LogP contribution is 2.27. The second-order valence-corrected chi connectivity index (χ2v) is 5.40. The van der Waals surface area contributed by atoms with Crippen molar-refractivity contribution in [2.75, 3.05) is 26.3 Å². The highest BCUT2D eigenvalue weighted by atomic mass is 35.5. The van der Waals surface area contributed by atoms with Crippen LogP contribution in [-0.2, 0) is 4.74 Å². The molecule has 2 aromatic rings. The van der Waals surface area contributed by atoms with Gasteiger partial charge in [-0.2, -0.15) is 0 Å². The molecular formula is C14H12Cl2N2O2. The summed E-state index contributed by atoms with van der Waals surface area (Å²) in [4.78, 5) is 18.6. The minimum Gasteiger partial charge on any atom is -0.378 e. The first-order chi connectivity index (χ1) is 9.66. The minimum atomic E-state index is -0.112. The van der Waals surface area contributed by atoms with Gasteiger partial charge in [0.05, 0.1) is 34.3 Å². The van der Waals surface area contributed by atoms with Gasteiger partial charge in [-0.15, -0.1) is 0 Å². The van der Waals surface area contributed by atoms with Crippen molar-refractivity contribution in [2.24, 2.45) is 0 Å². The van der Waals surface area contributed by atoms with Crippen molar-refractivity contribution in [2.45, 2.75) is 0 Å². The van der Waals surface area contributed by atoms with Crippen LogP contribution in [0.25, 0.3) is 10.9 Å². The molecule has 3 rings (SSSR count). The molecule has 0 unspecified atom stereocenters. The quantitative estimate of drug-likeness (QED) is 0.813. The molecule has 2 heterocycles. The van der Waals surface area contributed by atoms with Crippen LogP contribution in [0.2, 0.25) is 10.0 Å². The van der Waals surface area contributed by atoms with Gasteiger partial charge in [-0.3, -0.25) is 9.78 Å². The van der Waals surface area contributed by atoms with Gasteiger partial charge >= 0.3 is 0 Å². The largest absolute Gasteiger partial charge is 0.378 e. The predicted molar refractivity (Wildman–Crippen MR) is 78.5 cm³/mol. The number of halogens is 2. The highest BCUT2D eigenvalue weighted by molar-refractivity contribution is 6.36. The van der Waals surface area contributed by atoms with Gasteiger partial charge in [0.1, 0.15) is 0 Å². The lowest BCUT2D eigenvalue weighted by Gasteiger charge is -2.27. The molecule has 0 saturated carbocycles. The average molecular weight is 311 g/mol. The van der Waals surface area contributed by atoms with Gasteiger partial charge < -0.3 is 9.64 Å². The smallest absolute Gasteiger partial charge is 0.257 e. The molecule has 1 fully saturated rings. The molecule has 1 aliphatic rings. The number of amides is 1. The molecule has 6 heteroatoms. The van der Waals surface area contributed by atoms with Crippen LogP contribution in [0.15, 0.2) is 24.4 Å². The number of carbonyl (C=O) groups excluding carboxylic acids is 1. The Hall–Kier alpha value is -1.36. The first-order valence-corrected chi connectivity index (χ1v) is 7.03. The van der Waals surface area contributed by atoms with Gasteiger partial charge in [0.2, 0.25) is 0 Å². The van der Waals surface area contributed by atoms with E-state index in [4.69, 9.17) is 27.9 Å². The van der Waals surface area contributed by atoms with Gasteiger partial charge in [-0.25, -0.2) is 0 Å². The zero-order valence-corrected chi connectivity index (χ0v) is 12.1. The van der Waals surface area contributed by atoms with E-state index in [0.717, 1.165) is 5.39 Å². The van der Waals surface area contributed by atoms with Crippen molar-refractivity contribution < 1.29 is 9.53 Å². The van der Waals surface area contributed by atoms with Crippen LogP contribution in [0.3, 0.4) is 0 Å². The zero-order chi connectivity index (χ0) is 14.1. The summed E-state index contributed by atoms with van der Waals surface area (Å²) in [6.07, 6.45) is 1.52. The van der Waals surface area contributed by atoms with E-state index in [1.54, 1.807) is 17.0 Å². The molecule has 1 aromatic heterocycles. The number of nitrogens with zero attached hydrogens (tertiary/aromatic N) is 2. The third kappa shape index (κ3) is 2.46. The van der Waals surface area contributed by atoms with E-state index in [-0.39, 0.29) is 5.91 Å². The molecule has 20 heavy (non-hydrogen) atoms. The molecule has 1 amide bonds. The molecule has 0 atom stereocenters. The summed E-state index contributed by atoms with van der Waals surface area (Å²) in [5, 5.41) is 1.74. The third-order valence-corrected chi connectivity index (χ3v) is 3.80. The maximum atomic E-state index is 12.6. The van der Waals surface area contributed by atoms with E-state index in [1.807, 2.05) is 6.07 Å². The van der Waals surface area contributed by atoms with E-state index in [0.29, 0.717) is 47.4 Å². The zero-order valence-electron chi connectivity index (χ0n) is 10.6. The summed E-state index contributed by atoms with van der Waals surface area (Å²) < 4.78 is 5.26. The molecule has 0 bridgehead atoms. The Morgan fingerprint density at radius 2 is 2.00 bits per heavy atom. The molecule has 0 N–H and O–H groups in total. The van der Waals surface area contributed by atoms with Crippen molar-refractivity contribution in [3.05, 3.63) is 40.0 Å². The summed E-state index contributed by atoms with van der Waals surface area (Å²) in [7, 11) is 0. The fraction of sp³-hybridized carbons (Fsp3) is 0.286. The molecule has 0 radical (unpaired) electrons. The molecule has 1 saturated heterocycles. The van der Waals surface area contributed by atoms with Crippen molar-refractivity contribution in [1.82, 2.24) is 9.88 Å². The summed E-state index contributed by atoms with van der Waals surface area (Å²) in [6.45, 7) is 2.24. The Bertz CT molecular complexity index is 670. The van der Waals surface area contributed by atoms with E-state index >= 15 is 0 Å². The van der Waals surface area contributed by atoms with Crippen molar-refractivity contribution >= 4 is 40.0 Å². The number of pyridine rings is 1. The Morgan fingerprint density at radius 1 is 1.25 bits per heavy atom. The second kappa shape index (κ2) is 5.56. The molecule has 4 nitrogen and oxygen atoms in total. The van der Waals surface area contributed by atoms with Gasteiger partial charge in [0, 0.05) is 24.7 Å². The van der Waals surface area contributed by atoms with Crippen LogP contribution in [0.5, 0.6) is 0 Å². The number of ether oxygens (including phenoxy) is 1. The Labute approximate surface area is 126 Å². The number of aromatic nitrogens is 1. The van der Waals surface area contributed by atoms with Crippen molar-refractivity contribution in [3.63, 3.8) is 0 Å². The molecule has 1 aliphatic heterocycles. The predicted octanol–water partition coefficient (Wildman–Crippen LogP) is 3.01. The van der Waals surface area contributed by atoms with Crippen molar-refractivity contribution in [1.29, 1.82) is 0 Å². The maximum Gasteiger partial charge on any atom is 0.257 e. The monoisotopic (exact) mass is 310 g/mol. The summed E-state index contributed by atoms with van der Waals surface area (Å²) in [5.41, 5.74) is 1.01. The standard InChI is InChI=1S/C14H12Cl2N2O2/c15-10-7-9-1-2-11(16)12(13(9)17-8-10)14(19)18-3-5-20-6-4-18/h1-2,7-8H,3-6H2. The normalized spacial score (nSPS) is 15.6. The lowest BCUT2D eigenvalue weighted by atomic mass is 10.1. The SMILES string of the molecule is O=C(c1c(Cl)ccc2cc(Cl)cnc12)N1CCOCC1. The highest BCUT2D eigenvalue weighted by Gasteiger charge is 2.23. The number of carbonyl (C=O) groups is 1. The fourth-order valence-electron chi connectivity index (χ4n) is 2.28. The average Bonchev–Trinajstić information content (AvgIpc) is 2.48. The van der Waals surface area contributed by atoms with E-state index in [1.165, 1.54) is 6.20 Å². The molecule has 104 valence electrons. The topological polar surface area (TPSA) is 42.4 Å². The van der Waals surface area contributed by atoms with E-state index in [9.17, 15) is 4.79 Å². The lowest BCUT2D eigenvalue weighted by molar-refractivity contribution is 0.0304. The molecule has 1 aromatic carbocycles. The van der Waals surface area contributed by atoms with E-state index in [2.05, 4.69) is 4.98 Å². The molecule has 0 aliphatic carbocycles. The van der Waals surface area contributed by atoms with Crippen LogP contribution in [0.1, 0.15) is 10.4 Å². The number of morpholine rings is 1. The van der Waals surface area contributed by atoms with Crippen LogP contribution in [0, 0.1) is 0 Å². The Balaban J connectivity index is 2.09. The number of benzene rings is 1. The number of fused-ring (bicyclic) bond motifs is 1. The van der Waals surface area contributed by atoms with Gasteiger partial charge in [-0.05, 0) is 12.1 Å².